The molecule has 0 bridgehead atoms. The van der Waals surface area contributed by atoms with E-state index in [1.807, 2.05) is 7.05 Å². The fourth-order valence-electron chi connectivity index (χ4n) is 2.58. The van der Waals surface area contributed by atoms with Gasteiger partial charge in [0.15, 0.2) is 0 Å². The monoisotopic (exact) mass is 266 g/mol. The third-order valence-electron chi connectivity index (χ3n) is 3.49. The molecule has 0 atom stereocenters. The topological polar surface area (TPSA) is 31.4 Å². The standard InChI is InChI=1S/C14H23FN4/c1-3-4-18-5-7-19(8-6-18)14-12(10-16-2)9-13(15)11-17-14/h9,11,16H,3-8,10H2,1-2H3. The molecule has 2 heterocycles. The molecule has 19 heavy (non-hydrogen) atoms. The van der Waals surface area contributed by atoms with Crippen molar-refractivity contribution >= 4 is 5.82 Å². The van der Waals surface area contributed by atoms with E-state index in [1.165, 1.54) is 12.6 Å². The van der Waals surface area contributed by atoms with Crippen molar-refractivity contribution in [3.8, 4) is 0 Å². The van der Waals surface area contributed by atoms with E-state index in [1.54, 1.807) is 6.07 Å². The lowest BCUT2D eigenvalue weighted by molar-refractivity contribution is 0.257. The minimum atomic E-state index is -0.265. The predicted octanol–water partition coefficient (Wildman–Crippen LogP) is 1.47. The number of nitrogens with one attached hydrogen (secondary N) is 1. The van der Waals surface area contributed by atoms with Gasteiger partial charge >= 0.3 is 0 Å². The van der Waals surface area contributed by atoms with Crippen molar-refractivity contribution in [3.63, 3.8) is 0 Å². The number of piperazine rings is 1. The van der Waals surface area contributed by atoms with E-state index in [2.05, 4.69) is 27.0 Å². The van der Waals surface area contributed by atoms with E-state index in [4.69, 9.17) is 0 Å². The van der Waals surface area contributed by atoms with Crippen molar-refractivity contribution in [1.29, 1.82) is 0 Å². The summed E-state index contributed by atoms with van der Waals surface area (Å²) < 4.78 is 13.3. The van der Waals surface area contributed by atoms with Crippen LogP contribution in [-0.2, 0) is 6.54 Å². The predicted molar refractivity (Wildman–Crippen MR) is 75.9 cm³/mol. The summed E-state index contributed by atoms with van der Waals surface area (Å²) in [7, 11) is 1.87. The van der Waals surface area contributed by atoms with Crippen LogP contribution in [0.25, 0.3) is 0 Å². The highest BCUT2D eigenvalue weighted by Crippen LogP contribution is 2.20. The summed E-state index contributed by atoms with van der Waals surface area (Å²) in [6.45, 7) is 8.07. The Balaban J connectivity index is 2.06. The van der Waals surface area contributed by atoms with Crippen LogP contribution < -0.4 is 10.2 Å². The van der Waals surface area contributed by atoms with Crippen LogP contribution in [0.4, 0.5) is 10.2 Å². The summed E-state index contributed by atoms with van der Waals surface area (Å²) in [6, 6.07) is 1.58. The van der Waals surface area contributed by atoms with Crippen LogP contribution in [0.1, 0.15) is 18.9 Å². The van der Waals surface area contributed by atoms with Crippen LogP contribution in [0.15, 0.2) is 12.3 Å². The minimum Gasteiger partial charge on any atom is -0.354 e. The van der Waals surface area contributed by atoms with Gasteiger partial charge in [0.05, 0.1) is 6.20 Å². The largest absolute Gasteiger partial charge is 0.354 e. The fourth-order valence-corrected chi connectivity index (χ4v) is 2.58. The smallest absolute Gasteiger partial charge is 0.141 e. The molecule has 0 aromatic carbocycles. The first-order valence-corrected chi connectivity index (χ1v) is 7.01. The summed E-state index contributed by atoms with van der Waals surface area (Å²) in [5.41, 5.74) is 0.937. The maximum absolute atomic E-state index is 13.3. The van der Waals surface area contributed by atoms with E-state index in [-0.39, 0.29) is 5.82 Å². The Hall–Kier alpha value is -1.20. The number of nitrogens with zero attached hydrogens (tertiary/aromatic N) is 3. The summed E-state index contributed by atoms with van der Waals surface area (Å²) >= 11 is 0. The SMILES string of the molecule is CCCN1CCN(c2ncc(F)cc2CNC)CC1. The van der Waals surface area contributed by atoms with Crippen LogP contribution in [0.5, 0.6) is 0 Å². The van der Waals surface area contributed by atoms with Gasteiger partial charge in [-0.3, -0.25) is 4.90 Å². The van der Waals surface area contributed by atoms with Crippen molar-refractivity contribution in [1.82, 2.24) is 15.2 Å². The van der Waals surface area contributed by atoms with Gasteiger partial charge < -0.3 is 10.2 Å². The molecule has 1 aliphatic rings. The fraction of sp³-hybridized carbons (Fsp3) is 0.643. The van der Waals surface area contributed by atoms with Crippen LogP contribution in [0.2, 0.25) is 0 Å². The van der Waals surface area contributed by atoms with Crippen molar-refractivity contribution in [2.24, 2.45) is 0 Å². The summed E-state index contributed by atoms with van der Waals surface area (Å²) in [4.78, 5) is 9.02. The molecule has 0 spiro atoms. The van der Waals surface area contributed by atoms with Gasteiger partial charge in [0.2, 0.25) is 0 Å². The zero-order valence-electron chi connectivity index (χ0n) is 11.8. The van der Waals surface area contributed by atoms with Gasteiger partial charge in [-0.2, -0.15) is 0 Å². The summed E-state index contributed by atoms with van der Waals surface area (Å²) in [5, 5.41) is 3.08. The third kappa shape index (κ3) is 3.64. The van der Waals surface area contributed by atoms with E-state index in [0.29, 0.717) is 6.54 Å². The molecule has 106 valence electrons. The Morgan fingerprint density at radius 2 is 2.05 bits per heavy atom. The third-order valence-corrected chi connectivity index (χ3v) is 3.49. The van der Waals surface area contributed by atoms with E-state index >= 15 is 0 Å². The average Bonchev–Trinajstić information content (AvgIpc) is 2.41. The second-order valence-corrected chi connectivity index (χ2v) is 5.00. The molecule has 0 aliphatic carbocycles. The van der Waals surface area contributed by atoms with Gasteiger partial charge in [-0.25, -0.2) is 9.37 Å². The highest BCUT2D eigenvalue weighted by Gasteiger charge is 2.19. The van der Waals surface area contributed by atoms with Crippen LogP contribution >= 0.6 is 0 Å². The molecule has 1 N–H and O–H groups in total. The molecule has 1 aliphatic heterocycles. The number of hydrogen-bond donors (Lipinski definition) is 1. The molecule has 1 fully saturated rings. The van der Waals surface area contributed by atoms with Gasteiger partial charge in [-0.05, 0) is 26.1 Å². The molecule has 0 amide bonds. The van der Waals surface area contributed by atoms with Gasteiger partial charge in [0.25, 0.3) is 0 Å². The maximum Gasteiger partial charge on any atom is 0.141 e. The molecule has 0 radical (unpaired) electrons. The zero-order valence-corrected chi connectivity index (χ0v) is 11.8. The van der Waals surface area contributed by atoms with Gasteiger partial charge in [0.1, 0.15) is 11.6 Å². The molecule has 1 aromatic heterocycles. The lowest BCUT2D eigenvalue weighted by atomic mass is 10.2. The van der Waals surface area contributed by atoms with E-state index in [9.17, 15) is 4.39 Å². The van der Waals surface area contributed by atoms with Crippen LogP contribution in [0.3, 0.4) is 0 Å². The van der Waals surface area contributed by atoms with E-state index < -0.39 is 0 Å². The van der Waals surface area contributed by atoms with Crippen LogP contribution in [-0.4, -0.2) is 49.7 Å². The maximum atomic E-state index is 13.3. The van der Waals surface area contributed by atoms with Crippen molar-refractivity contribution in [2.45, 2.75) is 19.9 Å². The lowest BCUT2D eigenvalue weighted by Gasteiger charge is -2.36. The Morgan fingerprint density at radius 3 is 2.68 bits per heavy atom. The molecule has 0 unspecified atom stereocenters. The highest BCUT2D eigenvalue weighted by molar-refractivity contribution is 5.47. The molecule has 4 nitrogen and oxygen atoms in total. The number of anilines is 1. The minimum absolute atomic E-state index is 0.265. The second-order valence-electron chi connectivity index (χ2n) is 5.00. The van der Waals surface area contributed by atoms with Gasteiger partial charge in [-0.15, -0.1) is 0 Å². The number of halogens is 1. The molecular formula is C14H23FN4. The molecule has 5 heteroatoms. The Morgan fingerprint density at radius 1 is 1.32 bits per heavy atom. The molecular weight excluding hydrogens is 243 g/mol. The van der Waals surface area contributed by atoms with Crippen molar-refractivity contribution in [2.75, 3.05) is 44.7 Å². The number of rotatable bonds is 5. The zero-order chi connectivity index (χ0) is 13.7. The Kier molecular flexibility index (Phi) is 5.10. The van der Waals surface area contributed by atoms with Crippen molar-refractivity contribution in [3.05, 3.63) is 23.6 Å². The first-order valence-electron chi connectivity index (χ1n) is 7.01. The van der Waals surface area contributed by atoms with E-state index in [0.717, 1.165) is 44.1 Å². The number of pyridine rings is 1. The summed E-state index contributed by atoms with van der Waals surface area (Å²) in [6.07, 6.45) is 2.51. The molecule has 1 aromatic rings. The average molecular weight is 266 g/mol. The first kappa shape index (κ1) is 14.2. The summed E-state index contributed by atoms with van der Waals surface area (Å²) in [5.74, 6) is 0.658. The van der Waals surface area contributed by atoms with Crippen LogP contribution in [0, 0.1) is 5.82 Å². The lowest BCUT2D eigenvalue weighted by Crippen LogP contribution is -2.47. The highest BCUT2D eigenvalue weighted by atomic mass is 19.1. The Labute approximate surface area is 114 Å². The van der Waals surface area contributed by atoms with Crippen molar-refractivity contribution < 1.29 is 4.39 Å². The number of aromatic nitrogens is 1. The normalized spacial score (nSPS) is 16.9. The van der Waals surface area contributed by atoms with Gasteiger partial charge in [0, 0.05) is 38.3 Å². The molecule has 2 rings (SSSR count). The Bertz CT molecular complexity index is 402. The first-order chi connectivity index (χ1) is 9.24. The molecule has 0 saturated carbocycles. The second kappa shape index (κ2) is 6.82. The van der Waals surface area contributed by atoms with Gasteiger partial charge in [-0.1, -0.05) is 6.92 Å². The number of hydrogen-bond acceptors (Lipinski definition) is 4. The quantitative estimate of drug-likeness (QED) is 0.874. The molecule has 1 saturated heterocycles.